The molecule has 6 heteroatoms. The molecule has 1 amide bonds. The highest BCUT2D eigenvalue weighted by Crippen LogP contribution is 2.34. The van der Waals surface area contributed by atoms with Gasteiger partial charge in [-0.05, 0) is 32.1 Å². The number of carbonyl (C=O) groups excluding carboxylic acids is 1. The minimum Gasteiger partial charge on any atom is -0.356 e. The average Bonchev–Trinajstić information content (AvgIpc) is 3.22. The summed E-state index contributed by atoms with van der Waals surface area (Å²) in [4.78, 5) is 27.6. The lowest BCUT2D eigenvalue weighted by Gasteiger charge is -2.25. The van der Waals surface area contributed by atoms with Gasteiger partial charge in [-0.15, -0.1) is 0 Å². The van der Waals surface area contributed by atoms with Crippen LogP contribution < -0.4 is 4.90 Å². The minimum atomic E-state index is 0.343. The Morgan fingerprint density at radius 2 is 1.83 bits per heavy atom. The van der Waals surface area contributed by atoms with Gasteiger partial charge in [0.2, 0.25) is 5.91 Å². The first-order valence-electron chi connectivity index (χ1n) is 9.15. The fourth-order valence-electron chi connectivity index (χ4n) is 4.49. The van der Waals surface area contributed by atoms with Crippen LogP contribution in [-0.4, -0.2) is 71.5 Å². The van der Waals surface area contributed by atoms with Crippen LogP contribution in [0.4, 0.5) is 5.82 Å². The van der Waals surface area contributed by atoms with Crippen LogP contribution >= 0.6 is 0 Å². The van der Waals surface area contributed by atoms with Gasteiger partial charge in [0.15, 0.2) is 0 Å². The van der Waals surface area contributed by atoms with E-state index in [4.69, 9.17) is 0 Å². The molecule has 4 rings (SSSR count). The van der Waals surface area contributed by atoms with E-state index in [9.17, 15) is 4.79 Å². The second-order valence-corrected chi connectivity index (χ2v) is 7.58. The number of nitrogens with zero attached hydrogens (tertiary/aromatic N) is 5. The van der Waals surface area contributed by atoms with E-state index in [-0.39, 0.29) is 0 Å². The van der Waals surface area contributed by atoms with Gasteiger partial charge in [0, 0.05) is 63.5 Å². The van der Waals surface area contributed by atoms with Crippen LogP contribution in [0.3, 0.4) is 0 Å². The van der Waals surface area contributed by atoms with E-state index in [0.717, 1.165) is 82.0 Å². The second kappa shape index (κ2) is 6.31. The Bertz CT molecular complexity index is 620. The summed E-state index contributed by atoms with van der Waals surface area (Å²) in [5, 5.41) is 0. The summed E-state index contributed by atoms with van der Waals surface area (Å²) in [6, 6.07) is 0. The molecule has 2 unspecified atom stereocenters. The van der Waals surface area contributed by atoms with Crippen molar-refractivity contribution in [1.82, 2.24) is 19.8 Å². The van der Waals surface area contributed by atoms with Crippen LogP contribution in [0, 0.1) is 25.7 Å². The molecule has 130 valence electrons. The number of fused-ring (bicyclic) bond motifs is 1. The van der Waals surface area contributed by atoms with Crippen molar-refractivity contribution in [2.24, 2.45) is 11.8 Å². The molecule has 3 aliphatic rings. The Kier molecular flexibility index (Phi) is 4.16. The standard InChI is InChI=1S/C18H27N5O/c1-13-14(2)19-12-20-18(13)23-10-15-8-21(9-16(15)11-23)6-7-22-5-3-4-17(22)24/h12,15-16H,3-11H2,1-2H3. The lowest BCUT2D eigenvalue weighted by Crippen LogP contribution is -2.36. The molecule has 3 aliphatic heterocycles. The Labute approximate surface area is 143 Å². The molecule has 1 aromatic rings. The smallest absolute Gasteiger partial charge is 0.222 e. The molecule has 4 heterocycles. The topological polar surface area (TPSA) is 52.6 Å². The minimum absolute atomic E-state index is 0.343. The highest BCUT2D eigenvalue weighted by molar-refractivity contribution is 5.78. The number of aryl methyl sites for hydroxylation is 1. The quantitative estimate of drug-likeness (QED) is 0.827. The molecule has 24 heavy (non-hydrogen) atoms. The Morgan fingerprint density at radius 3 is 2.50 bits per heavy atom. The van der Waals surface area contributed by atoms with E-state index in [1.807, 2.05) is 4.90 Å². The summed E-state index contributed by atoms with van der Waals surface area (Å²) in [7, 11) is 0. The Hall–Kier alpha value is -1.69. The van der Waals surface area contributed by atoms with Crippen molar-refractivity contribution < 1.29 is 4.79 Å². The van der Waals surface area contributed by atoms with Crippen molar-refractivity contribution >= 4 is 11.7 Å². The van der Waals surface area contributed by atoms with E-state index in [1.165, 1.54) is 5.56 Å². The van der Waals surface area contributed by atoms with Crippen LogP contribution in [0.15, 0.2) is 6.33 Å². The van der Waals surface area contributed by atoms with E-state index in [2.05, 4.69) is 33.6 Å². The predicted molar refractivity (Wildman–Crippen MR) is 93.0 cm³/mol. The highest BCUT2D eigenvalue weighted by atomic mass is 16.2. The fourth-order valence-corrected chi connectivity index (χ4v) is 4.49. The summed E-state index contributed by atoms with van der Waals surface area (Å²) < 4.78 is 0. The monoisotopic (exact) mass is 329 g/mol. The number of hydrogen-bond donors (Lipinski definition) is 0. The van der Waals surface area contributed by atoms with Crippen molar-refractivity contribution in [2.75, 3.05) is 50.7 Å². The summed E-state index contributed by atoms with van der Waals surface area (Å²) in [6.45, 7) is 11.6. The zero-order chi connectivity index (χ0) is 16.7. The van der Waals surface area contributed by atoms with E-state index >= 15 is 0 Å². The fraction of sp³-hybridized carbons (Fsp3) is 0.722. The number of aromatic nitrogens is 2. The molecule has 0 saturated carbocycles. The molecule has 6 nitrogen and oxygen atoms in total. The first-order valence-corrected chi connectivity index (χ1v) is 9.15. The van der Waals surface area contributed by atoms with Crippen LogP contribution in [-0.2, 0) is 4.79 Å². The normalized spacial score (nSPS) is 27.3. The first kappa shape index (κ1) is 15.8. The van der Waals surface area contributed by atoms with Gasteiger partial charge in [-0.2, -0.15) is 0 Å². The van der Waals surface area contributed by atoms with Gasteiger partial charge in [-0.25, -0.2) is 9.97 Å². The number of carbonyl (C=O) groups is 1. The Balaban J connectivity index is 1.32. The van der Waals surface area contributed by atoms with Crippen LogP contribution in [0.5, 0.6) is 0 Å². The molecule has 0 aliphatic carbocycles. The number of anilines is 1. The lowest BCUT2D eigenvalue weighted by molar-refractivity contribution is -0.127. The molecule has 0 spiro atoms. The SMILES string of the molecule is Cc1ncnc(N2CC3CN(CCN4CCCC4=O)CC3C2)c1C. The molecule has 3 fully saturated rings. The zero-order valence-electron chi connectivity index (χ0n) is 14.7. The number of hydrogen-bond acceptors (Lipinski definition) is 5. The molecule has 0 N–H and O–H groups in total. The molecule has 0 radical (unpaired) electrons. The lowest BCUT2D eigenvalue weighted by atomic mass is 10.0. The molecular weight excluding hydrogens is 302 g/mol. The van der Waals surface area contributed by atoms with Gasteiger partial charge in [0.1, 0.15) is 12.1 Å². The van der Waals surface area contributed by atoms with Crippen molar-refractivity contribution in [1.29, 1.82) is 0 Å². The summed E-state index contributed by atoms with van der Waals surface area (Å²) in [5.41, 5.74) is 2.29. The zero-order valence-corrected chi connectivity index (χ0v) is 14.7. The maximum Gasteiger partial charge on any atom is 0.222 e. The first-order chi connectivity index (χ1) is 11.6. The third-order valence-corrected chi connectivity index (χ3v) is 6.03. The summed E-state index contributed by atoms with van der Waals surface area (Å²) in [5.74, 6) is 2.92. The largest absolute Gasteiger partial charge is 0.356 e. The maximum atomic E-state index is 11.7. The third kappa shape index (κ3) is 2.88. The van der Waals surface area contributed by atoms with E-state index in [1.54, 1.807) is 6.33 Å². The summed E-state index contributed by atoms with van der Waals surface area (Å²) >= 11 is 0. The predicted octanol–water partition coefficient (Wildman–Crippen LogP) is 1.08. The van der Waals surface area contributed by atoms with E-state index < -0.39 is 0 Å². The van der Waals surface area contributed by atoms with E-state index in [0.29, 0.717) is 5.91 Å². The molecule has 3 saturated heterocycles. The second-order valence-electron chi connectivity index (χ2n) is 7.58. The van der Waals surface area contributed by atoms with Gasteiger partial charge < -0.3 is 14.7 Å². The molecule has 0 aromatic carbocycles. The van der Waals surface area contributed by atoms with Gasteiger partial charge in [0.05, 0.1) is 0 Å². The van der Waals surface area contributed by atoms with Crippen LogP contribution in [0.2, 0.25) is 0 Å². The van der Waals surface area contributed by atoms with Gasteiger partial charge >= 0.3 is 0 Å². The third-order valence-electron chi connectivity index (χ3n) is 6.03. The van der Waals surface area contributed by atoms with Gasteiger partial charge in [-0.1, -0.05) is 0 Å². The number of amides is 1. The van der Waals surface area contributed by atoms with Crippen molar-refractivity contribution in [3.63, 3.8) is 0 Å². The molecule has 0 bridgehead atoms. The Morgan fingerprint density at radius 1 is 1.08 bits per heavy atom. The van der Waals surface area contributed by atoms with Gasteiger partial charge in [-0.3, -0.25) is 4.79 Å². The summed E-state index contributed by atoms with van der Waals surface area (Å²) in [6.07, 6.45) is 3.47. The number of likely N-dealkylation sites (tertiary alicyclic amines) is 2. The van der Waals surface area contributed by atoms with Crippen molar-refractivity contribution in [2.45, 2.75) is 26.7 Å². The van der Waals surface area contributed by atoms with Gasteiger partial charge in [0.25, 0.3) is 0 Å². The highest BCUT2D eigenvalue weighted by Gasteiger charge is 2.40. The average molecular weight is 329 g/mol. The molecule has 1 aromatic heterocycles. The van der Waals surface area contributed by atoms with Crippen LogP contribution in [0.1, 0.15) is 24.1 Å². The van der Waals surface area contributed by atoms with Crippen LogP contribution in [0.25, 0.3) is 0 Å². The number of rotatable bonds is 4. The van der Waals surface area contributed by atoms with Crippen molar-refractivity contribution in [3.05, 3.63) is 17.6 Å². The van der Waals surface area contributed by atoms with Crippen molar-refractivity contribution in [3.8, 4) is 0 Å². The molecule has 2 atom stereocenters. The molecular formula is C18H27N5O. The maximum absolute atomic E-state index is 11.7.